The SMILES string of the molecule is CC(C)CN(CCn1cc(N)ccc1=O)C(C)C. The quantitative estimate of drug-likeness (QED) is 0.838. The molecule has 1 rings (SSSR count). The van der Waals surface area contributed by atoms with Crippen LogP contribution in [0.15, 0.2) is 23.1 Å². The van der Waals surface area contributed by atoms with Gasteiger partial charge in [-0.1, -0.05) is 13.8 Å². The minimum absolute atomic E-state index is 0.0115. The maximum absolute atomic E-state index is 11.7. The van der Waals surface area contributed by atoms with E-state index in [9.17, 15) is 4.79 Å². The lowest BCUT2D eigenvalue weighted by Crippen LogP contribution is -2.38. The molecule has 0 fully saturated rings. The van der Waals surface area contributed by atoms with Crippen molar-refractivity contribution in [2.75, 3.05) is 18.8 Å². The molecule has 102 valence electrons. The minimum Gasteiger partial charge on any atom is -0.398 e. The molecule has 0 unspecified atom stereocenters. The largest absolute Gasteiger partial charge is 0.398 e. The van der Waals surface area contributed by atoms with E-state index in [0.717, 1.165) is 13.1 Å². The van der Waals surface area contributed by atoms with Gasteiger partial charge in [0.25, 0.3) is 5.56 Å². The molecular weight excluding hydrogens is 226 g/mol. The van der Waals surface area contributed by atoms with Gasteiger partial charge < -0.3 is 10.3 Å². The van der Waals surface area contributed by atoms with E-state index in [-0.39, 0.29) is 5.56 Å². The molecule has 18 heavy (non-hydrogen) atoms. The van der Waals surface area contributed by atoms with E-state index >= 15 is 0 Å². The highest BCUT2D eigenvalue weighted by Gasteiger charge is 2.11. The van der Waals surface area contributed by atoms with Crippen molar-refractivity contribution in [3.8, 4) is 0 Å². The molecule has 1 aromatic rings. The molecule has 0 bridgehead atoms. The van der Waals surface area contributed by atoms with E-state index in [1.807, 2.05) is 0 Å². The van der Waals surface area contributed by atoms with Crippen molar-refractivity contribution < 1.29 is 0 Å². The monoisotopic (exact) mass is 251 g/mol. The van der Waals surface area contributed by atoms with E-state index in [0.29, 0.717) is 24.2 Å². The fourth-order valence-electron chi connectivity index (χ4n) is 1.99. The maximum atomic E-state index is 11.7. The molecule has 0 aromatic carbocycles. The van der Waals surface area contributed by atoms with Crippen LogP contribution in [-0.2, 0) is 6.54 Å². The van der Waals surface area contributed by atoms with Crippen LogP contribution < -0.4 is 11.3 Å². The third-order valence-electron chi connectivity index (χ3n) is 2.96. The van der Waals surface area contributed by atoms with Gasteiger partial charge in [0.1, 0.15) is 0 Å². The van der Waals surface area contributed by atoms with Gasteiger partial charge in [0, 0.05) is 43.6 Å². The van der Waals surface area contributed by atoms with Crippen molar-refractivity contribution in [2.45, 2.75) is 40.3 Å². The zero-order chi connectivity index (χ0) is 13.7. The third-order valence-corrected chi connectivity index (χ3v) is 2.96. The number of nitrogens with zero attached hydrogens (tertiary/aromatic N) is 2. The highest BCUT2D eigenvalue weighted by molar-refractivity contribution is 5.33. The van der Waals surface area contributed by atoms with E-state index in [2.05, 4.69) is 32.6 Å². The molecule has 1 aromatic heterocycles. The first-order valence-corrected chi connectivity index (χ1v) is 6.60. The summed E-state index contributed by atoms with van der Waals surface area (Å²) in [5.41, 5.74) is 6.35. The summed E-state index contributed by atoms with van der Waals surface area (Å²) in [4.78, 5) is 14.1. The van der Waals surface area contributed by atoms with Gasteiger partial charge in [0.2, 0.25) is 0 Å². The average Bonchev–Trinajstić information content (AvgIpc) is 2.27. The van der Waals surface area contributed by atoms with Gasteiger partial charge in [-0.3, -0.25) is 9.69 Å². The molecule has 2 N–H and O–H groups in total. The normalized spacial score (nSPS) is 11.7. The second-order valence-corrected chi connectivity index (χ2v) is 5.48. The topological polar surface area (TPSA) is 51.3 Å². The van der Waals surface area contributed by atoms with Crippen LogP contribution in [0.2, 0.25) is 0 Å². The summed E-state index contributed by atoms with van der Waals surface area (Å²) in [5.74, 6) is 0.630. The first-order valence-electron chi connectivity index (χ1n) is 6.60. The van der Waals surface area contributed by atoms with Gasteiger partial charge in [-0.15, -0.1) is 0 Å². The molecule has 0 aliphatic heterocycles. The zero-order valence-electron chi connectivity index (χ0n) is 11.9. The highest BCUT2D eigenvalue weighted by atomic mass is 16.1. The Balaban J connectivity index is 2.66. The van der Waals surface area contributed by atoms with Crippen LogP contribution in [0.1, 0.15) is 27.7 Å². The van der Waals surface area contributed by atoms with Crippen LogP contribution >= 0.6 is 0 Å². The summed E-state index contributed by atoms with van der Waals surface area (Å²) in [5, 5.41) is 0. The van der Waals surface area contributed by atoms with Gasteiger partial charge >= 0.3 is 0 Å². The Hall–Kier alpha value is -1.29. The first kappa shape index (κ1) is 14.8. The Morgan fingerprint density at radius 2 is 1.94 bits per heavy atom. The first-order chi connectivity index (χ1) is 8.40. The van der Waals surface area contributed by atoms with Gasteiger partial charge in [-0.2, -0.15) is 0 Å². The zero-order valence-corrected chi connectivity index (χ0v) is 11.9. The molecule has 4 heteroatoms. The number of nitrogens with two attached hydrogens (primary N) is 1. The van der Waals surface area contributed by atoms with Crippen LogP contribution in [0.5, 0.6) is 0 Å². The van der Waals surface area contributed by atoms with Crippen molar-refractivity contribution in [1.82, 2.24) is 9.47 Å². The van der Waals surface area contributed by atoms with Crippen molar-refractivity contribution in [3.05, 3.63) is 28.7 Å². The smallest absolute Gasteiger partial charge is 0.250 e. The van der Waals surface area contributed by atoms with Crippen LogP contribution in [-0.4, -0.2) is 28.6 Å². The molecule has 0 aliphatic rings. The number of anilines is 1. The van der Waals surface area contributed by atoms with Gasteiger partial charge in [-0.05, 0) is 25.8 Å². The second kappa shape index (κ2) is 6.59. The summed E-state index contributed by atoms with van der Waals surface area (Å²) in [7, 11) is 0. The number of hydrogen-bond donors (Lipinski definition) is 1. The maximum Gasteiger partial charge on any atom is 0.250 e. The van der Waals surface area contributed by atoms with Crippen molar-refractivity contribution in [2.24, 2.45) is 5.92 Å². The lowest BCUT2D eigenvalue weighted by Gasteiger charge is -2.28. The molecule has 1 heterocycles. The fourth-order valence-corrected chi connectivity index (χ4v) is 1.99. The van der Waals surface area contributed by atoms with Crippen LogP contribution in [0.25, 0.3) is 0 Å². The summed E-state index contributed by atoms with van der Waals surface area (Å²) in [6.07, 6.45) is 1.72. The number of pyridine rings is 1. The Labute approximate surface area is 109 Å². The summed E-state index contributed by atoms with van der Waals surface area (Å²) >= 11 is 0. The Bertz CT molecular complexity index is 423. The Kier molecular flexibility index (Phi) is 5.41. The van der Waals surface area contributed by atoms with Gasteiger partial charge in [0.15, 0.2) is 0 Å². The predicted octanol–water partition coefficient (Wildman–Crippen LogP) is 1.80. The molecule has 0 radical (unpaired) electrons. The molecule has 0 amide bonds. The molecule has 0 saturated carbocycles. The summed E-state index contributed by atoms with van der Waals surface area (Å²) < 4.78 is 1.69. The predicted molar refractivity (Wildman–Crippen MR) is 76.7 cm³/mol. The minimum atomic E-state index is 0.0115. The van der Waals surface area contributed by atoms with E-state index < -0.39 is 0 Å². The van der Waals surface area contributed by atoms with E-state index in [1.54, 1.807) is 16.8 Å². The van der Waals surface area contributed by atoms with Gasteiger partial charge in [-0.25, -0.2) is 0 Å². The molecule has 0 aliphatic carbocycles. The summed E-state index contributed by atoms with van der Waals surface area (Å²) in [6, 6.07) is 3.66. The molecule has 4 nitrogen and oxygen atoms in total. The van der Waals surface area contributed by atoms with Crippen molar-refractivity contribution >= 4 is 5.69 Å². The molecule has 0 saturated heterocycles. The fraction of sp³-hybridized carbons (Fsp3) is 0.643. The third kappa shape index (κ3) is 4.53. The van der Waals surface area contributed by atoms with Crippen molar-refractivity contribution in [1.29, 1.82) is 0 Å². The lowest BCUT2D eigenvalue weighted by atomic mass is 10.2. The number of rotatable bonds is 6. The van der Waals surface area contributed by atoms with Crippen LogP contribution in [0, 0.1) is 5.92 Å². The standard InChI is InChI=1S/C14H25N3O/c1-11(2)9-16(12(3)4)7-8-17-10-13(15)5-6-14(17)18/h5-6,10-12H,7-9,15H2,1-4H3. The summed E-state index contributed by atoms with van der Waals surface area (Å²) in [6.45, 7) is 11.4. The average molecular weight is 251 g/mol. The number of aromatic nitrogens is 1. The number of hydrogen-bond acceptors (Lipinski definition) is 3. The molecule has 0 spiro atoms. The van der Waals surface area contributed by atoms with Crippen LogP contribution in [0.3, 0.4) is 0 Å². The second-order valence-electron chi connectivity index (χ2n) is 5.48. The highest BCUT2D eigenvalue weighted by Crippen LogP contribution is 2.04. The molecule has 0 atom stereocenters. The number of nitrogen functional groups attached to an aromatic ring is 1. The van der Waals surface area contributed by atoms with E-state index in [4.69, 9.17) is 5.73 Å². The van der Waals surface area contributed by atoms with E-state index in [1.165, 1.54) is 6.07 Å². The Morgan fingerprint density at radius 3 is 2.50 bits per heavy atom. The molecular formula is C14H25N3O. The lowest BCUT2D eigenvalue weighted by molar-refractivity contribution is 0.190. The van der Waals surface area contributed by atoms with Crippen LogP contribution in [0.4, 0.5) is 5.69 Å². The Morgan fingerprint density at radius 1 is 1.28 bits per heavy atom. The van der Waals surface area contributed by atoms with Crippen molar-refractivity contribution in [3.63, 3.8) is 0 Å². The van der Waals surface area contributed by atoms with Gasteiger partial charge in [0.05, 0.1) is 0 Å².